The van der Waals surface area contributed by atoms with Crippen molar-refractivity contribution < 1.29 is 9.59 Å². The lowest BCUT2D eigenvalue weighted by Crippen LogP contribution is -2.63. The van der Waals surface area contributed by atoms with Crippen LogP contribution in [0.25, 0.3) is 10.9 Å². The number of rotatable bonds is 5. The Hall–Kier alpha value is -3.57. The summed E-state index contributed by atoms with van der Waals surface area (Å²) >= 11 is 6.17. The number of nitrogens with zero attached hydrogens (tertiary/aromatic N) is 2. The molecule has 0 unspecified atom stereocenters. The first-order valence-corrected chi connectivity index (χ1v) is 14.0. The maximum atomic E-state index is 14.6. The summed E-state index contributed by atoms with van der Waals surface area (Å²) in [6.07, 6.45) is 6.58. The zero-order valence-electron chi connectivity index (χ0n) is 21.4. The normalized spacial score (nSPS) is 20.2. The number of amides is 2. The lowest BCUT2D eigenvalue weighted by molar-refractivity contribution is -0.136. The maximum Gasteiger partial charge on any atom is 0.272 e. The van der Waals surface area contributed by atoms with Gasteiger partial charge in [0.25, 0.3) is 11.8 Å². The van der Waals surface area contributed by atoms with E-state index in [1.165, 1.54) is 12.8 Å². The molecule has 1 aliphatic heterocycles. The first kappa shape index (κ1) is 24.7. The summed E-state index contributed by atoms with van der Waals surface area (Å²) in [5, 5.41) is 5.05. The van der Waals surface area contributed by atoms with Gasteiger partial charge in [0.2, 0.25) is 0 Å². The van der Waals surface area contributed by atoms with Crippen molar-refractivity contribution >= 4 is 34.3 Å². The van der Waals surface area contributed by atoms with Crippen molar-refractivity contribution in [1.82, 2.24) is 14.8 Å². The molecule has 1 fully saturated rings. The number of fused-ring (bicyclic) bond motifs is 3. The van der Waals surface area contributed by atoms with Crippen molar-refractivity contribution in [2.75, 3.05) is 0 Å². The van der Waals surface area contributed by atoms with Gasteiger partial charge in [-0.05, 0) is 48.2 Å². The highest BCUT2D eigenvalue weighted by Gasteiger charge is 2.52. The molecule has 1 atom stereocenters. The van der Waals surface area contributed by atoms with E-state index in [0.29, 0.717) is 23.8 Å². The molecule has 0 spiro atoms. The highest BCUT2D eigenvalue weighted by molar-refractivity contribution is 6.30. The number of aromatic nitrogens is 1. The summed E-state index contributed by atoms with van der Waals surface area (Å²) in [5.74, 6) is -0.261. The standard InChI is InChI=1S/C32H32ClN3O2/c33-26-18-16-23(17-19-26)21-36-30(37)29-20-24-10-8-9-15-28(24)35(29)22-32(36,25-11-4-3-5-12-25)31(38)34-27-13-6-1-2-7-14-27/h3-5,8-12,15-20,27H,1-2,6-7,13-14,21-22H2,(H,34,38)/t32-/m0/s1. The topological polar surface area (TPSA) is 54.3 Å². The molecule has 194 valence electrons. The average Bonchev–Trinajstić information content (AvgIpc) is 3.11. The van der Waals surface area contributed by atoms with E-state index in [1.54, 1.807) is 4.90 Å². The van der Waals surface area contributed by atoms with E-state index >= 15 is 0 Å². The number of hydrogen-bond donors (Lipinski definition) is 1. The lowest BCUT2D eigenvalue weighted by atomic mass is 9.83. The lowest BCUT2D eigenvalue weighted by Gasteiger charge is -2.47. The van der Waals surface area contributed by atoms with E-state index in [-0.39, 0.29) is 17.9 Å². The van der Waals surface area contributed by atoms with Crippen LogP contribution in [-0.4, -0.2) is 27.3 Å². The summed E-state index contributed by atoms with van der Waals surface area (Å²) < 4.78 is 2.04. The molecule has 4 aromatic rings. The highest BCUT2D eigenvalue weighted by Crippen LogP contribution is 2.40. The molecule has 1 aliphatic carbocycles. The third-order valence-corrected chi connectivity index (χ3v) is 8.45. The van der Waals surface area contributed by atoms with Gasteiger partial charge in [-0.2, -0.15) is 0 Å². The molecular formula is C32H32ClN3O2. The molecule has 6 heteroatoms. The molecular weight excluding hydrogens is 494 g/mol. The van der Waals surface area contributed by atoms with Gasteiger partial charge in [0.1, 0.15) is 5.69 Å². The van der Waals surface area contributed by atoms with Crippen molar-refractivity contribution in [1.29, 1.82) is 0 Å². The largest absolute Gasteiger partial charge is 0.351 e. The Morgan fingerprint density at radius 1 is 0.895 bits per heavy atom. The van der Waals surface area contributed by atoms with Crippen LogP contribution in [0.2, 0.25) is 5.02 Å². The molecule has 1 saturated carbocycles. The summed E-state index contributed by atoms with van der Waals surface area (Å²) in [7, 11) is 0. The number of benzene rings is 3. The molecule has 5 nitrogen and oxygen atoms in total. The highest BCUT2D eigenvalue weighted by atomic mass is 35.5. The molecule has 2 amide bonds. The van der Waals surface area contributed by atoms with Crippen LogP contribution >= 0.6 is 11.6 Å². The van der Waals surface area contributed by atoms with E-state index in [1.807, 2.05) is 89.5 Å². The zero-order chi connectivity index (χ0) is 26.1. The number of hydrogen-bond acceptors (Lipinski definition) is 2. The van der Waals surface area contributed by atoms with Crippen LogP contribution in [0.1, 0.15) is 60.1 Å². The van der Waals surface area contributed by atoms with E-state index in [4.69, 9.17) is 11.6 Å². The molecule has 38 heavy (non-hydrogen) atoms. The Labute approximate surface area is 228 Å². The van der Waals surface area contributed by atoms with Gasteiger partial charge in [-0.1, -0.05) is 97.9 Å². The predicted molar refractivity (Wildman–Crippen MR) is 151 cm³/mol. The quantitative estimate of drug-likeness (QED) is 0.295. The van der Waals surface area contributed by atoms with E-state index in [2.05, 4.69) is 5.32 Å². The van der Waals surface area contributed by atoms with Crippen LogP contribution in [-0.2, 0) is 23.4 Å². The third-order valence-electron chi connectivity index (χ3n) is 8.19. The van der Waals surface area contributed by atoms with Gasteiger partial charge in [-0.15, -0.1) is 0 Å². The first-order chi connectivity index (χ1) is 18.6. The molecule has 0 bridgehead atoms. The number of carbonyl (C=O) groups excluding carboxylic acids is 2. The molecule has 2 heterocycles. The van der Waals surface area contributed by atoms with Gasteiger partial charge in [0.05, 0.1) is 6.54 Å². The fraction of sp³-hybridized carbons (Fsp3) is 0.312. The predicted octanol–water partition coefficient (Wildman–Crippen LogP) is 6.69. The first-order valence-electron chi connectivity index (χ1n) is 13.6. The summed E-state index contributed by atoms with van der Waals surface area (Å²) in [5.41, 5.74) is 2.10. The number of nitrogens with one attached hydrogen (secondary N) is 1. The third kappa shape index (κ3) is 4.39. The summed E-state index contributed by atoms with van der Waals surface area (Å²) in [6, 6.07) is 27.4. The molecule has 1 N–H and O–H groups in total. The molecule has 3 aromatic carbocycles. The van der Waals surface area contributed by atoms with Crippen molar-refractivity contribution in [3.63, 3.8) is 0 Å². The van der Waals surface area contributed by atoms with Crippen molar-refractivity contribution in [3.8, 4) is 0 Å². The van der Waals surface area contributed by atoms with Crippen LogP contribution in [0.4, 0.5) is 0 Å². The van der Waals surface area contributed by atoms with Gasteiger partial charge in [-0.3, -0.25) is 9.59 Å². The van der Waals surface area contributed by atoms with Crippen LogP contribution in [0.3, 0.4) is 0 Å². The van der Waals surface area contributed by atoms with E-state index in [9.17, 15) is 9.59 Å². The van der Waals surface area contributed by atoms with E-state index < -0.39 is 5.54 Å². The SMILES string of the molecule is O=C1c2cc3ccccc3n2C[C@@](C(=O)NC2CCCCCC2)(c2ccccc2)N1Cc1ccc(Cl)cc1. The van der Waals surface area contributed by atoms with Crippen LogP contribution in [0, 0.1) is 0 Å². The molecule has 0 saturated heterocycles. The number of halogens is 1. The molecule has 0 radical (unpaired) electrons. The Morgan fingerprint density at radius 2 is 1.58 bits per heavy atom. The molecule has 2 aliphatic rings. The second-order valence-corrected chi connectivity index (χ2v) is 11.0. The van der Waals surface area contributed by atoms with Crippen molar-refractivity contribution in [3.05, 3.63) is 107 Å². The van der Waals surface area contributed by atoms with E-state index in [0.717, 1.165) is 47.7 Å². The van der Waals surface area contributed by atoms with Crippen LogP contribution in [0.15, 0.2) is 84.9 Å². The second-order valence-electron chi connectivity index (χ2n) is 10.6. The fourth-order valence-electron chi connectivity index (χ4n) is 6.18. The van der Waals surface area contributed by atoms with Gasteiger partial charge in [0.15, 0.2) is 5.54 Å². The average molecular weight is 526 g/mol. The van der Waals surface area contributed by atoms with Crippen molar-refractivity contribution in [2.45, 2.75) is 63.2 Å². The minimum atomic E-state index is -1.21. The summed E-state index contributed by atoms with van der Waals surface area (Å²) in [4.78, 5) is 30.8. The minimum Gasteiger partial charge on any atom is -0.351 e. The smallest absolute Gasteiger partial charge is 0.272 e. The van der Waals surface area contributed by atoms with Gasteiger partial charge < -0.3 is 14.8 Å². The fourth-order valence-corrected chi connectivity index (χ4v) is 6.30. The Kier molecular flexibility index (Phi) is 6.71. The Bertz CT molecular complexity index is 1460. The number of para-hydroxylation sites is 1. The summed E-state index contributed by atoms with van der Waals surface area (Å²) in [6.45, 7) is 0.641. The number of carbonyl (C=O) groups is 2. The van der Waals surface area contributed by atoms with Gasteiger partial charge in [-0.25, -0.2) is 0 Å². The zero-order valence-corrected chi connectivity index (χ0v) is 22.2. The van der Waals surface area contributed by atoms with Gasteiger partial charge >= 0.3 is 0 Å². The maximum absolute atomic E-state index is 14.6. The van der Waals surface area contributed by atoms with Gasteiger partial charge in [0, 0.05) is 28.5 Å². The molecule has 6 rings (SSSR count). The minimum absolute atomic E-state index is 0.110. The Morgan fingerprint density at radius 3 is 2.32 bits per heavy atom. The molecule has 1 aromatic heterocycles. The monoisotopic (exact) mass is 525 g/mol. The van der Waals surface area contributed by atoms with Crippen LogP contribution < -0.4 is 5.32 Å². The van der Waals surface area contributed by atoms with Crippen LogP contribution in [0.5, 0.6) is 0 Å². The second kappa shape index (κ2) is 10.3. The Balaban J connectivity index is 1.52. The van der Waals surface area contributed by atoms with Crippen molar-refractivity contribution in [2.24, 2.45) is 0 Å².